The Labute approximate surface area is 162 Å². The molecule has 4 rings (SSSR count). The van der Waals surface area contributed by atoms with Crippen LogP contribution in [0.3, 0.4) is 0 Å². The number of hydrogen-bond donors (Lipinski definition) is 1. The van der Waals surface area contributed by atoms with Crippen LogP contribution < -0.4 is 0 Å². The molecule has 28 heavy (non-hydrogen) atoms. The van der Waals surface area contributed by atoms with Gasteiger partial charge in [-0.05, 0) is 24.5 Å². The first-order chi connectivity index (χ1) is 13.6. The molecule has 1 saturated heterocycles. The summed E-state index contributed by atoms with van der Waals surface area (Å²) in [7, 11) is 0. The first-order valence-electron chi connectivity index (χ1n) is 9.28. The standard InChI is InChI=1S/C22H20FNO4/c23-17-11-5-4-10-16(17)19-20(25)18(14-7-2-1-3-8-14)21(26)22(27)24(19)13-15-9-6-12-28-15/h1-5,7-8,10-11,15,19,26H,6,9,12-13H2. The van der Waals surface area contributed by atoms with Crippen LogP contribution in [0.2, 0.25) is 0 Å². The molecule has 1 fully saturated rings. The molecular weight excluding hydrogens is 361 g/mol. The van der Waals surface area contributed by atoms with Gasteiger partial charge in [-0.1, -0.05) is 48.5 Å². The smallest absolute Gasteiger partial charge is 0.290 e. The quantitative estimate of drug-likeness (QED) is 0.881. The molecule has 2 aliphatic heterocycles. The fraction of sp³-hybridized carbons (Fsp3) is 0.273. The molecule has 2 aromatic carbocycles. The number of aliphatic hydroxyl groups excluding tert-OH is 1. The number of nitrogens with zero attached hydrogens (tertiary/aromatic N) is 1. The third-order valence-corrected chi connectivity index (χ3v) is 5.19. The number of hydrogen-bond acceptors (Lipinski definition) is 4. The first-order valence-corrected chi connectivity index (χ1v) is 9.28. The molecule has 2 heterocycles. The number of ether oxygens (including phenoxy) is 1. The lowest BCUT2D eigenvalue weighted by molar-refractivity contribution is -0.140. The lowest BCUT2D eigenvalue weighted by atomic mass is 9.87. The van der Waals surface area contributed by atoms with Crippen LogP contribution in [-0.4, -0.2) is 41.0 Å². The van der Waals surface area contributed by atoms with E-state index in [4.69, 9.17) is 4.74 Å². The minimum Gasteiger partial charge on any atom is -0.503 e. The van der Waals surface area contributed by atoms with Crippen molar-refractivity contribution in [2.45, 2.75) is 25.0 Å². The fourth-order valence-electron chi connectivity index (χ4n) is 3.84. The van der Waals surface area contributed by atoms with Gasteiger partial charge in [0, 0.05) is 18.7 Å². The zero-order valence-corrected chi connectivity index (χ0v) is 15.2. The molecule has 0 saturated carbocycles. The second-order valence-corrected chi connectivity index (χ2v) is 6.97. The van der Waals surface area contributed by atoms with Crippen LogP contribution in [0.1, 0.15) is 30.0 Å². The molecule has 2 unspecified atom stereocenters. The molecule has 0 aliphatic carbocycles. The van der Waals surface area contributed by atoms with E-state index in [9.17, 15) is 19.1 Å². The van der Waals surface area contributed by atoms with Crippen molar-refractivity contribution in [3.8, 4) is 0 Å². The van der Waals surface area contributed by atoms with E-state index >= 15 is 0 Å². The number of rotatable bonds is 4. The highest BCUT2D eigenvalue weighted by atomic mass is 19.1. The van der Waals surface area contributed by atoms with Crippen LogP contribution in [0, 0.1) is 5.82 Å². The van der Waals surface area contributed by atoms with Gasteiger partial charge < -0.3 is 14.7 Å². The number of carbonyl (C=O) groups is 2. The predicted molar refractivity (Wildman–Crippen MR) is 101 cm³/mol. The zero-order valence-electron chi connectivity index (χ0n) is 15.2. The molecule has 1 amide bonds. The van der Waals surface area contributed by atoms with E-state index in [1.165, 1.54) is 23.1 Å². The van der Waals surface area contributed by atoms with Gasteiger partial charge in [-0.15, -0.1) is 0 Å². The molecular formula is C22H20FNO4. The lowest BCUT2D eigenvalue weighted by Crippen LogP contribution is -2.48. The Bertz CT molecular complexity index is 935. The minimum atomic E-state index is -1.15. The van der Waals surface area contributed by atoms with Gasteiger partial charge in [-0.2, -0.15) is 0 Å². The molecule has 0 aromatic heterocycles. The highest BCUT2D eigenvalue weighted by Gasteiger charge is 2.44. The van der Waals surface area contributed by atoms with E-state index < -0.39 is 29.3 Å². The number of halogens is 1. The van der Waals surface area contributed by atoms with Crippen molar-refractivity contribution in [3.05, 3.63) is 77.3 Å². The van der Waals surface area contributed by atoms with Crippen molar-refractivity contribution in [2.24, 2.45) is 0 Å². The maximum atomic E-state index is 14.6. The van der Waals surface area contributed by atoms with Gasteiger partial charge in [0.1, 0.15) is 11.9 Å². The summed E-state index contributed by atoms with van der Waals surface area (Å²) in [4.78, 5) is 27.7. The van der Waals surface area contributed by atoms with E-state index in [1.807, 2.05) is 0 Å². The summed E-state index contributed by atoms with van der Waals surface area (Å²) in [5.74, 6) is -2.38. The lowest BCUT2D eigenvalue weighted by Gasteiger charge is -2.36. The van der Waals surface area contributed by atoms with Crippen LogP contribution in [0.5, 0.6) is 0 Å². The number of benzene rings is 2. The summed E-state index contributed by atoms with van der Waals surface area (Å²) in [5.41, 5.74) is 0.457. The van der Waals surface area contributed by atoms with Crippen LogP contribution in [0.25, 0.3) is 5.57 Å². The highest BCUT2D eigenvalue weighted by Crippen LogP contribution is 2.37. The van der Waals surface area contributed by atoms with Crippen molar-refractivity contribution in [3.63, 3.8) is 0 Å². The second-order valence-electron chi connectivity index (χ2n) is 6.97. The largest absolute Gasteiger partial charge is 0.503 e. The molecule has 0 bridgehead atoms. The van der Waals surface area contributed by atoms with Gasteiger partial charge in [0.2, 0.25) is 0 Å². The van der Waals surface area contributed by atoms with Crippen LogP contribution >= 0.6 is 0 Å². The normalized spacial score (nSPS) is 22.8. The Morgan fingerprint density at radius 3 is 2.46 bits per heavy atom. The molecule has 0 radical (unpaired) electrons. The Balaban J connectivity index is 1.83. The Morgan fingerprint density at radius 2 is 1.79 bits per heavy atom. The number of aliphatic hydroxyl groups is 1. The molecule has 6 heteroatoms. The molecule has 144 valence electrons. The third-order valence-electron chi connectivity index (χ3n) is 5.19. The van der Waals surface area contributed by atoms with Crippen LogP contribution in [0.15, 0.2) is 60.4 Å². The summed E-state index contributed by atoms with van der Waals surface area (Å²) in [5, 5.41) is 10.6. The number of ketones is 1. The number of Topliss-reactive ketones (excluding diaryl/α,β-unsaturated/α-hetero) is 1. The SMILES string of the molecule is O=C1C(c2ccccc2)=C(O)C(=O)N(CC2CCCO2)C1c1ccccc1F. The van der Waals surface area contributed by atoms with E-state index in [-0.39, 0.29) is 23.8 Å². The molecule has 2 aromatic rings. The molecule has 0 spiro atoms. The van der Waals surface area contributed by atoms with Gasteiger partial charge in [-0.25, -0.2) is 4.39 Å². The second kappa shape index (κ2) is 7.56. The van der Waals surface area contributed by atoms with Gasteiger partial charge in [0.15, 0.2) is 11.5 Å². The van der Waals surface area contributed by atoms with Crippen molar-refractivity contribution in [1.82, 2.24) is 4.90 Å². The van der Waals surface area contributed by atoms with Gasteiger partial charge in [0.05, 0.1) is 11.7 Å². The zero-order chi connectivity index (χ0) is 19.7. The fourth-order valence-corrected chi connectivity index (χ4v) is 3.84. The monoisotopic (exact) mass is 381 g/mol. The van der Waals surface area contributed by atoms with Crippen LogP contribution in [-0.2, 0) is 14.3 Å². The summed E-state index contributed by atoms with van der Waals surface area (Å²) < 4.78 is 20.2. The molecule has 1 N–H and O–H groups in total. The van der Waals surface area contributed by atoms with Gasteiger partial charge >= 0.3 is 0 Å². The highest BCUT2D eigenvalue weighted by molar-refractivity contribution is 6.30. The topological polar surface area (TPSA) is 66.8 Å². The maximum absolute atomic E-state index is 14.6. The Kier molecular flexibility index (Phi) is 4.96. The number of amides is 1. The van der Waals surface area contributed by atoms with Gasteiger partial charge in [-0.3, -0.25) is 9.59 Å². The minimum absolute atomic E-state index is 0.0811. The van der Waals surface area contributed by atoms with Crippen molar-refractivity contribution >= 4 is 17.3 Å². The molecule has 5 nitrogen and oxygen atoms in total. The van der Waals surface area contributed by atoms with E-state index in [0.717, 1.165) is 12.8 Å². The summed E-state index contributed by atoms with van der Waals surface area (Å²) >= 11 is 0. The Morgan fingerprint density at radius 1 is 1.07 bits per heavy atom. The maximum Gasteiger partial charge on any atom is 0.290 e. The summed E-state index contributed by atoms with van der Waals surface area (Å²) in [6.45, 7) is 0.706. The number of carbonyl (C=O) groups excluding carboxylic acids is 2. The van der Waals surface area contributed by atoms with E-state index in [1.54, 1.807) is 36.4 Å². The van der Waals surface area contributed by atoms with Gasteiger partial charge in [0.25, 0.3) is 5.91 Å². The van der Waals surface area contributed by atoms with Crippen molar-refractivity contribution in [2.75, 3.05) is 13.2 Å². The third kappa shape index (κ3) is 3.20. The average Bonchev–Trinajstić information content (AvgIpc) is 3.21. The molecule has 2 atom stereocenters. The average molecular weight is 381 g/mol. The summed E-state index contributed by atoms with van der Waals surface area (Å²) in [6.07, 6.45) is 1.37. The van der Waals surface area contributed by atoms with Crippen molar-refractivity contribution in [1.29, 1.82) is 0 Å². The van der Waals surface area contributed by atoms with E-state index in [0.29, 0.717) is 12.2 Å². The first kappa shape index (κ1) is 18.4. The van der Waals surface area contributed by atoms with Crippen molar-refractivity contribution < 1.29 is 23.8 Å². The van der Waals surface area contributed by atoms with E-state index in [2.05, 4.69) is 0 Å². The van der Waals surface area contributed by atoms with Crippen LogP contribution in [0.4, 0.5) is 4.39 Å². The predicted octanol–water partition coefficient (Wildman–Crippen LogP) is 3.43. The summed E-state index contributed by atoms with van der Waals surface area (Å²) in [6, 6.07) is 13.3. The Hall–Kier alpha value is -2.99. The molecule has 2 aliphatic rings.